The van der Waals surface area contributed by atoms with Crippen LogP contribution in [0.2, 0.25) is 0 Å². The first-order valence-corrected chi connectivity index (χ1v) is 9.87. The normalized spacial score (nSPS) is 21.2. The molecule has 2 aromatic rings. The number of hydrogen-bond donors (Lipinski definition) is 2. The Bertz CT molecular complexity index is 709. The molecule has 6 heteroatoms. The Labute approximate surface area is 155 Å². The summed E-state index contributed by atoms with van der Waals surface area (Å²) in [7, 11) is 0. The summed E-state index contributed by atoms with van der Waals surface area (Å²) >= 11 is 0. The van der Waals surface area contributed by atoms with Crippen LogP contribution in [0.15, 0.2) is 22.8 Å². The Morgan fingerprint density at radius 3 is 3.04 bits per heavy atom. The predicted octanol–water partition coefficient (Wildman–Crippen LogP) is 2.19. The van der Waals surface area contributed by atoms with Crippen molar-refractivity contribution in [3.8, 4) is 0 Å². The van der Waals surface area contributed by atoms with Crippen LogP contribution in [-0.4, -0.2) is 53.6 Å². The van der Waals surface area contributed by atoms with Gasteiger partial charge < -0.3 is 15.1 Å². The first-order chi connectivity index (χ1) is 12.8. The molecule has 0 spiro atoms. The van der Waals surface area contributed by atoms with Gasteiger partial charge in [0.2, 0.25) is 0 Å². The maximum Gasteiger partial charge on any atom is 0.133 e. The predicted molar refractivity (Wildman–Crippen MR) is 103 cm³/mol. The van der Waals surface area contributed by atoms with Gasteiger partial charge in [0.1, 0.15) is 17.4 Å². The van der Waals surface area contributed by atoms with Gasteiger partial charge in [-0.15, -0.1) is 0 Å². The fourth-order valence-corrected chi connectivity index (χ4v) is 4.16. The van der Waals surface area contributed by atoms with Gasteiger partial charge in [-0.1, -0.05) is 0 Å². The molecule has 2 aliphatic heterocycles. The van der Waals surface area contributed by atoms with Crippen LogP contribution in [0.1, 0.15) is 35.7 Å². The average Bonchev–Trinajstić information content (AvgIpc) is 3.08. The number of piperidine rings is 1. The van der Waals surface area contributed by atoms with E-state index in [2.05, 4.69) is 15.5 Å². The number of nitrogens with zero attached hydrogens (tertiary/aromatic N) is 3. The van der Waals surface area contributed by atoms with E-state index in [0.717, 1.165) is 62.8 Å². The molecule has 0 unspecified atom stereocenters. The quantitative estimate of drug-likeness (QED) is 0.857. The Hall–Kier alpha value is -1.92. The number of aromatic nitrogens is 2. The third-order valence-electron chi connectivity index (χ3n) is 5.52. The maximum atomic E-state index is 5.42. The van der Waals surface area contributed by atoms with E-state index in [-0.39, 0.29) is 0 Å². The lowest BCUT2D eigenvalue weighted by atomic mass is 10.1. The minimum Gasteiger partial charge on any atom is -0.469 e. The highest BCUT2D eigenvalue weighted by Crippen LogP contribution is 2.23. The zero-order valence-corrected chi connectivity index (χ0v) is 15.6. The van der Waals surface area contributed by atoms with Crippen LogP contribution in [-0.2, 0) is 19.3 Å². The van der Waals surface area contributed by atoms with Gasteiger partial charge in [-0.2, -0.15) is 0 Å². The molecule has 6 nitrogen and oxygen atoms in total. The molecule has 4 rings (SSSR count). The number of rotatable bonds is 5. The molecular weight excluding hydrogens is 326 g/mol. The minimum absolute atomic E-state index is 0.669. The largest absolute Gasteiger partial charge is 0.469 e. The summed E-state index contributed by atoms with van der Waals surface area (Å²) in [4.78, 5) is 12.1. The van der Waals surface area contributed by atoms with Crippen molar-refractivity contribution >= 4 is 5.82 Å². The van der Waals surface area contributed by atoms with E-state index in [1.807, 2.05) is 19.1 Å². The van der Waals surface area contributed by atoms with Gasteiger partial charge in [0, 0.05) is 50.6 Å². The molecule has 4 heterocycles. The second-order valence-electron chi connectivity index (χ2n) is 7.34. The van der Waals surface area contributed by atoms with Gasteiger partial charge in [0.05, 0.1) is 12.0 Å². The molecule has 2 aliphatic rings. The molecule has 140 valence electrons. The highest BCUT2D eigenvalue weighted by molar-refractivity contribution is 5.47. The van der Waals surface area contributed by atoms with Gasteiger partial charge in [0.15, 0.2) is 0 Å². The molecule has 0 amide bonds. The molecule has 0 radical (unpaired) electrons. The Morgan fingerprint density at radius 1 is 1.31 bits per heavy atom. The first-order valence-electron chi connectivity index (χ1n) is 9.87. The zero-order chi connectivity index (χ0) is 17.8. The monoisotopic (exact) mass is 355 g/mol. The summed E-state index contributed by atoms with van der Waals surface area (Å²) in [6.45, 7) is 7.30. The highest BCUT2D eigenvalue weighted by atomic mass is 16.3. The first kappa shape index (κ1) is 17.5. The van der Waals surface area contributed by atoms with Crippen molar-refractivity contribution in [2.24, 2.45) is 0 Å². The van der Waals surface area contributed by atoms with E-state index in [4.69, 9.17) is 14.4 Å². The number of fused-ring (bicyclic) bond motifs is 1. The van der Waals surface area contributed by atoms with Crippen LogP contribution in [0.25, 0.3) is 0 Å². The van der Waals surface area contributed by atoms with Crippen molar-refractivity contribution in [2.75, 3.05) is 38.0 Å². The topological polar surface area (TPSA) is 66.2 Å². The van der Waals surface area contributed by atoms with Crippen molar-refractivity contribution in [2.45, 2.75) is 45.1 Å². The Kier molecular flexibility index (Phi) is 5.51. The molecule has 1 saturated heterocycles. The molecule has 0 bridgehead atoms. The van der Waals surface area contributed by atoms with Gasteiger partial charge in [0.25, 0.3) is 0 Å². The van der Waals surface area contributed by atoms with E-state index in [1.165, 1.54) is 30.6 Å². The van der Waals surface area contributed by atoms with Crippen LogP contribution < -0.4 is 10.6 Å². The smallest absolute Gasteiger partial charge is 0.133 e. The molecule has 1 fully saturated rings. The molecule has 2 N–H and O–H groups in total. The van der Waals surface area contributed by atoms with Crippen LogP contribution in [0.4, 0.5) is 5.82 Å². The zero-order valence-electron chi connectivity index (χ0n) is 15.6. The SMILES string of the molecule is Cc1nc2c(c(NCCc3ccco3)n1)CCN([C@@H]1CCCNC1)CC2. The van der Waals surface area contributed by atoms with Crippen molar-refractivity contribution in [1.29, 1.82) is 0 Å². The maximum absolute atomic E-state index is 5.42. The number of aryl methyl sites for hydroxylation is 1. The second kappa shape index (κ2) is 8.18. The molecule has 0 aliphatic carbocycles. The van der Waals surface area contributed by atoms with E-state index < -0.39 is 0 Å². The van der Waals surface area contributed by atoms with Gasteiger partial charge in [-0.3, -0.25) is 4.90 Å². The average molecular weight is 355 g/mol. The summed E-state index contributed by atoms with van der Waals surface area (Å²) in [6.07, 6.45) is 7.22. The molecule has 26 heavy (non-hydrogen) atoms. The minimum atomic E-state index is 0.669. The summed E-state index contributed by atoms with van der Waals surface area (Å²) < 4.78 is 5.42. The number of furan rings is 1. The Morgan fingerprint density at radius 2 is 2.23 bits per heavy atom. The van der Waals surface area contributed by atoms with Gasteiger partial charge >= 0.3 is 0 Å². The van der Waals surface area contributed by atoms with Crippen LogP contribution in [0, 0.1) is 6.92 Å². The lowest BCUT2D eigenvalue weighted by Crippen LogP contribution is -2.46. The lowest BCUT2D eigenvalue weighted by Gasteiger charge is -2.33. The van der Waals surface area contributed by atoms with E-state index >= 15 is 0 Å². The fourth-order valence-electron chi connectivity index (χ4n) is 4.16. The van der Waals surface area contributed by atoms with E-state index in [9.17, 15) is 0 Å². The fraction of sp³-hybridized carbons (Fsp3) is 0.600. The van der Waals surface area contributed by atoms with Crippen molar-refractivity contribution in [3.05, 3.63) is 41.2 Å². The summed E-state index contributed by atoms with van der Waals surface area (Å²) in [5, 5.41) is 7.08. The van der Waals surface area contributed by atoms with Crippen molar-refractivity contribution < 1.29 is 4.42 Å². The van der Waals surface area contributed by atoms with Crippen molar-refractivity contribution in [3.63, 3.8) is 0 Å². The Balaban J connectivity index is 1.44. The third-order valence-corrected chi connectivity index (χ3v) is 5.52. The van der Waals surface area contributed by atoms with Crippen LogP contribution in [0.3, 0.4) is 0 Å². The van der Waals surface area contributed by atoms with E-state index in [1.54, 1.807) is 6.26 Å². The summed E-state index contributed by atoms with van der Waals surface area (Å²) in [5.74, 6) is 2.88. The highest BCUT2D eigenvalue weighted by Gasteiger charge is 2.25. The number of anilines is 1. The van der Waals surface area contributed by atoms with Crippen molar-refractivity contribution in [1.82, 2.24) is 20.2 Å². The standard InChI is InChI=1S/C20H29N5O/c1-15-23-19-8-12-25(16-4-2-9-21-14-16)11-7-18(19)20(24-15)22-10-6-17-5-3-13-26-17/h3,5,13,16,21H,2,4,6-12,14H2,1H3,(H,22,23,24)/t16-/m1/s1. The molecule has 0 saturated carbocycles. The van der Waals surface area contributed by atoms with E-state index in [0.29, 0.717) is 6.04 Å². The van der Waals surface area contributed by atoms with Gasteiger partial charge in [-0.25, -0.2) is 9.97 Å². The molecule has 1 atom stereocenters. The molecule has 0 aromatic carbocycles. The summed E-state index contributed by atoms with van der Waals surface area (Å²) in [5.41, 5.74) is 2.53. The summed E-state index contributed by atoms with van der Waals surface area (Å²) in [6, 6.07) is 4.62. The van der Waals surface area contributed by atoms with Gasteiger partial charge in [-0.05, 0) is 44.9 Å². The molecular formula is C20H29N5O. The molecule has 2 aromatic heterocycles. The number of hydrogen-bond acceptors (Lipinski definition) is 6. The van der Waals surface area contributed by atoms with Crippen LogP contribution >= 0.6 is 0 Å². The van der Waals surface area contributed by atoms with Crippen LogP contribution in [0.5, 0.6) is 0 Å². The third kappa shape index (κ3) is 4.07. The lowest BCUT2D eigenvalue weighted by molar-refractivity contribution is 0.173. The second-order valence-corrected chi connectivity index (χ2v) is 7.34. The number of nitrogens with one attached hydrogen (secondary N) is 2.